The monoisotopic (exact) mass is 438 g/mol. The molecule has 2 rings (SSSR count). The van der Waals surface area contributed by atoms with Gasteiger partial charge in [0.1, 0.15) is 11.9 Å². The van der Waals surface area contributed by atoms with Crippen molar-refractivity contribution in [1.82, 2.24) is 0 Å². The van der Waals surface area contributed by atoms with Gasteiger partial charge in [-0.25, -0.2) is 12.8 Å². The van der Waals surface area contributed by atoms with E-state index in [1.54, 1.807) is 0 Å². The van der Waals surface area contributed by atoms with E-state index in [0.29, 0.717) is 0 Å². The molecule has 1 atom stereocenters. The standard InChI is InChI=1S/C16H14Cl3FN2O3S/c1-9(16(23)21-12-3-4-15(20)14(19)8-12)22(26(2,24)25)13-6-10(17)5-11(18)7-13/h3-9H,1-2H3,(H,21,23)/t9-/m0/s1. The Kier molecular flexibility index (Phi) is 6.39. The summed E-state index contributed by atoms with van der Waals surface area (Å²) in [5.41, 5.74) is 0.371. The second kappa shape index (κ2) is 8.00. The van der Waals surface area contributed by atoms with E-state index in [4.69, 9.17) is 34.8 Å². The zero-order valence-corrected chi connectivity index (χ0v) is 16.7. The van der Waals surface area contributed by atoms with Gasteiger partial charge in [0.25, 0.3) is 0 Å². The molecule has 0 radical (unpaired) electrons. The molecule has 1 amide bonds. The van der Waals surface area contributed by atoms with Gasteiger partial charge in [-0.3, -0.25) is 9.10 Å². The van der Waals surface area contributed by atoms with Crippen molar-refractivity contribution in [3.05, 3.63) is 57.3 Å². The van der Waals surface area contributed by atoms with Crippen molar-refractivity contribution in [2.45, 2.75) is 13.0 Å². The third-order valence-electron chi connectivity index (χ3n) is 3.38. The predicted molar refractivity (Wildman–Crippen MR) is 103 cm³/mol. The Labute approximate surface area is 165 Å². The number of carbonyl (C=O) groups is 1. The lowest BCUT2D eigenvalue weighted by Crippen LogP contribution is -2.45. The Morgan fingerprint density at radius 3 is 2.19 bits per heavy atom. The highest BCUT2D eigenvalue weighted by Gasteiger charge is 2.29. The number of hydrogen-bond donors (Lipinski definition) is 1. The van der Waals surface area contributed by atoms with Gasteiger partial charge in [0.15, 0.2) is 0 Å². The molecule has 0 unspecified atom stereocenters. The quantitative estimate of drug-likeness (QED) is 0.741. The molecule has 0 spiro atoms. The van der Waals surface area contributed by atoms with E-state index >= 15 is 0 Å². The average Bonchev–Trinajstić information content (AvgIpc) is 2.48. The third kappa shape index (κ3) is 5.01. The fraction of sp³-hybridized carbons (Fsp3) is 0.188. The summed E-state index contributed by atoms with van der Waals surface area (Å²) in [7, 11) is -3.83. The van der Waals surface area contributed by atoms with E-state index in [1.807, 2.05) is 0 Å². The Balaban J connectivity index is 2.35. The summed E-state index contributed by atoms with van der Waals surface area (Å²) in [5, 5.41) is 2.77. The van der Waals surface area contributed by atoms with Crippen LogP contribution in [0.2, 0.25) is 15.1 Å². The van der Waals surface area contributed by atoms with Crippen LogP contribution in [0.5, 0.6) is 0 Å². The molecule has 140 valence electrons. The minimum absolute atomic E-state index is 0.143. The Bertz CT molecular complexity index is 934. The maximum absolute atomic E-state index is 13.2. The van der Waals surface area contributed by atoms with Crippen LogP contribution in [0.3, 0.4) is 0 Å². The zero-order chi connectivity index (χ0) is 19.6. The summed E-state index contributed by atoms with van der Waals surface area (Å²) in [6, 6.07) is 6.70. The minimum Gasteiger partial charge on any atom is -0.324 e. The van der Waals surface area contributed by atoms with Crippen molar-refractivity contribution >= 4 is 62.1 Å². The molecule has 10 heteroatoms. The van der Waals surface area contributed by atoms with Crippen LogP contribution in [0.25, 0.3) is 0 Å². The summed E-state index contributed by atoms with van der Waals surface area (Å²) in [5.74, 6) is -1.28. The fourth-order valence-electron chi connectivity index (χ4n) is 2.30. The van der Waals surface area contributed by atoms with Gasteiger partial charge >= 0.3 is 0 Å². The number of nitrogens with one attached hydrogen (secondary N) is 1. The van der Waals surface area contributed by atoms with E-state index in [-0.39, 0.29) is 26.4 Å². The molecule has 0 fully saturated rings. The van der Waals surface area contributed by atoms with Crippen LogP contribution in [0, 0.1) is 5.82 Å². The molecule has 5 nitrogen and oxygen atoms in total. The van der Waals surface area contributed by atoms with Crippen molar-refractivity contribution in [2.24, 2.45) is 0 Å². The molecule has 0 aromatic heterocycles. The van der Waals surface area contributed by atoms with Crippen LogP contribution < -0.4 is 9.62 Å². The average molecular weight is 440 g/mol. The molecule has 0 heterocycles. The molecule has 0 bridgehead atoms. The van der Waals surface area contributed by atoms with Crippen LogP contribution in [0.15, 0.2) is 36.4 Å². The van der Waals surface area contributed by atoms with Crippen molar-refractivity contribution in [2.75, 3.05) is 15.9 Å². The van der Waals surface area contributed by atoms with Gasteiger partial charge in [-0.15, -0.1) is 0 Å². The Morgan fingerprint density at radius 1 is 1.12 bits per heavy atom. The third-order valence-corrected chi connectivity index (χ3v) is 5.35. The van der Waals surface area contributed by atoms with Crippen molar-refractivity contribution in [3.63, 3.8) is 0 Å². The molecular weight excluding hydrogens is 426 g/mol. The number of halogens is 4. The zero-order valence-electron chi connectivity index (χ0n) is 13.6. The maximum Gasteiger partial charge on any atom is 0.247 e. The number of hydrogen-bond acceptors (Lipinski definition) is 3. The van der Waals surface area contributed by atoms with Gasteiger partial charge in [0.2, 0.25) is 15.9 Å². The summed E-state index contributed by atoms with van der Waals surface area (Å²) in [6.45, 7) is 1.40. The van der Waals surface area contributed by atoms with E-state index in [2.05, 4.69) is 5.32 Å². The molecule has 1 N–H and O–H groups in total. The first kappa shape index (κ1) is 20.8. The second-order valence-electron chi connectivity index (χ2n) is 5.48. The maximum atomic E-state index is 13.2. The van der Waals surface area contributed by atoms with Gasteiger partial charge < -0.3 is 5.32 Å². The molecule has 2 aromatic rings. The smallest absolute Gasteiger partial charge is 0.247 e. The Morgan fingerprint density at radius 2 is 1.69 bits per heavy atom. The number of amides is 1. The first-order valence-electron chi connectivity index (χ1n) is 7.20. The topological polar surface area (TPSA) is 66.5 Å². The number of rotatable bonds is 5. The van der Waals surface area contributed by atoms with Gasteiger partial charge in [-0.2, -0.15) is 0 Å². The Hall–Kier alpha value is -1.54. The molecule has 0 aliphatic heterocycles. The van der Waals surface area contributed by atoms with Gasteiger partial charge in [0, 0.05) is 15.7 Å². The van der Waals surface area contributed by atoms with E-state index < -0.39 is 27.8 Å². The SMILES string of the molecule is C[C@@H](C(=O)Nc1ccc(F)c(Cl)c1)N(c1cc(Cl)cc(Cl)c1)S(C)(=O)=O. The second-order valence-corrected chi connectivity index (χ2v) is 8.62. The van der Waals surface area contributed by atoms with Gasteiger partial charge in [0.05, 0.1) is 17.0 Å². The largest absolute Gasteiger partial charge is 0.324 e. The van der Waals surface area contributed by atoms with Crippen LogP contribution >= 0.6 is 34.8 Å². The lowest BCUT2D eigenvalue weighted by molar-refractivity contribution is -0.116. The van der Waals surface area contributed by atoms with Crippen LogP contribution in [-0.2, 0) is 14.8 Å². The highest BCUT2D eigenvalue weighted by molar-refractivity contribution is 7.92. The van der Waals surface area contributed by atoms with E-state index in [0.717, 1.165) is 16.6 Å². The number of benzene rings is 2. The number of sulfonamides is 1. The molecule has 0 aliphatic rings. The van der Waals surface area contributed by atoms with Crippen LogP contribution in [0.1, 0.15) is 6.92 Å². The molecule has 2 aromatic carbocycles. The van der Waals surface area contributed by atoms with Crippen LogP contribution in [0.4, 0.5) is 15.8 Å². The van der Waals surface area contributed by atoms with Crippen molar-refractivity contribution in [1.29, 1.82) is 0 Å². The van der Waals surface area contributed by atoms with Crippen LogP contribution in [-0.4, -0.2) is 26.6 Å². The van der Waals surface area contributed by atoms with Crippen molar-refractivity contribution in [3.8, 4) is 0 Å². The summed E-state index contributed by atoms with van der Waals surface area (Å²) in [4.78, 5) is 12.5. The van der Waals surface area contributed by atoms with E-state index in [9.17, 15) is 17.6 Å². The number of nitrogens with zero attached hydrogens (tertiary/aromatic N) is 1. The summed E-state index contributed by atoms with van der Waals surface area (Å²) in [6.07, 6.45) is 0.959. The lowest BCUT2D eigenvalue weighted by Gasteiger charge is -2.28. The molecular formula is C16H14Cl3FN2O3S. The molecule has 0 saturated heterocycles. The van der Waals surface area contributed by atoms with Gasteiger partial charge in [-0.1, -0.05) is 34.8 Å². The highest BCUT2D eigenvalue weighted by atomic mass is 35.5. The molecule has 0 saturated carbocycles. The molecule has 0 aliphatic carbocycles. The fourth-order valence-corrected chi connectivity index (χ4v) is 4.15. The summed E-state index contributed by atoms with van der Waals surface area (Å²) < 4.78 is 38.6. The normalized spacial score (nSPS) is 12.5. The van der Waals surface area contributed by atoms with E-state index in [1.165, 1.54) is 37.3 Å². The molecule has 26 heavy (non-hydrogen) atoms. The van der Waals surface area contributed by atoms with Gasteiger partial charge in [-0.05, 0) is 43.3 Å². The lowest BCUT2D eigenvalue weighted by atomic mass is 10.2. The first-order valence-corrected chi connectivity index (χ1v) is 10.2. The first-order chi connectivity index (χ1) is 12.0. The van der Waals surface area contributed by atoms with Crippen molar-refractivity contribution < 1.29 is 17.6 Å². The predicted octanol–water partition coefficient (Wildman–Crippen LogP) is 4.58. The minimum atomic E-state index is -3.83. The number of anilines is 2. The highest BCUT2D eigenvalue weighted by Crippen LogP contribution is 2.29. The summed E-state index contributed by atoms with van der Waals surface area (Å²) >= 11 is 17.5. The number of carbonyl (C=O) groups excluding carboxylic acids is 1.